The molecule has 0 aliphatic carbocycles. The lowest BCUT2D eigenvalue weighted by Gasteiger charge is -1.95. The average Bonchev–Trinajstić information content (AvgIpc) is 2.07. The Morgan fingerprint density at radius 3 is 2.17 bits per heavy atom. The minimum Gasteiger partial charge on any atom is -0.505 e. The molecule has 0 heterocycles. The molecule has 3 heteroatoms. The van der Waals surface area contributed by atoms with Gasteiger partial charge in [-0.3, -0.25) is 0 Å². The van der Waals surface area contributed by atoms with E-state index in [9.17, 15) is 4.39 Å². The van der Waals surface area contributed by atoms with Gasteiger partial charge in [-0.05, 0) is 25.5 Å². The first-order valence-corrected chi connectivity index (χ1v) is 3.25. The summed E-state index contributed by atoms with van der Waals surface area (Å²) in [6.07, 6.45) is 2.69. The highest BCUT2D eigenvalue weighted by Crippen LogP contribution is 2.11. The van der Waals surface area contributed by atoms with E-state index in [1.54, 1.807) is 13.8 Å². The highest BCUT2D eigenvalue weighted by Gasteiger charge is 1.99. The van der Waals surface area contributed by atoms with E-state index in [1.165, 1.54) is 12.2 Å². The molecule has 0 aliphatic rings. The fourth-order valence-corrected chi connectivity index (χ4v) is 0.429. The predicted molar refractivity (Wildman–Crippen MR) is 47.5 cm³/mol. The fraction of sp³-hybridized carbons (Fsp3) is 0.222. The number of hydrogen-bond acceptors (Lipinski definition) is 2. The molecule has 0 unspecified atom stereocenters. The van der Waals surface area contributed by atoms with Crippen molar-refractivity contribution in [1.29, 1.82) is 0 Å². The van der Waals surface area contributed by atoms with E-state index in [0.717, 1.165) is 0 Å². The first-order chi connectivity index (χ1) is 5.59. The first-order valence-electron chi connectivity index (χ1n) is 3.25. The summed E-state index contributed by atoms with van der Waals surface area (Å²) in [5, 5.41) is 8.88. The lowest BCUT2D eigenvalue weighted by Crippen LogP contribution is -1.83. The monoisotopic (exact) mass is 172 g/mol. The average molecular weight is 172 g/mol. The molecule has 0 aromatic rings. The zero-order valence-electron chi connectivity index (χ0n) is 7.30. The van der Waals surface area contributed by atoms with Crippen LogP contribution < -0.4 is 0 Å². The maximum absolute atomic E-state index is 12.5. The third-order valence-electron chi connectivity index (χ3n) is 0.943. The standard InChI is InChI=1S/C8H11FO.CH2O/c1-4-5-7(9)8(10)6(2)3;1-2/h4-5,10H,2H2,1,3H3;1H2/b5-4-,8-7-;. The van der Waals surface area contributed by atoms with Gasteiger partial charge < -0.3 is 9.90 Å². The Morgan fingerprint density at radius 1 is 1.50 bits per heavy atom. The molecule has 0 rings (SSSR count). The van der Waals surface area contributed by atoms with Crippen molar-refractivity contribution in [2.45, 2.75) is 13.8 Å². The van der Waals surface area contributed by atoms with Crippen molar-refractivity contribution in [2.24, 2.45) is 0 Å². The molecule has 0 aromatic carbocycles. The molecule has 0 aromatic heterocycles. The number of allylic oxidation sites excluding steroid dienone is 4. The summed E-state index contributed by atoms with van der Waals surface area (Å²) in [6.45, 7) is 8.59. The van der Waals surface area contributed by atoms with E-state index in [1.807, 2.05) is 6.79 Å². The second kappa shape index (κ2) is 7.72. The zero-order valence-corrected chi connectivity index (χ0v) is 7.30. The van der Waals surface area contributed by atoms with Crippen molar-refractivity contribution in [3.8, 4) is 0 Å². The molecule has 1 N–H and O–H groups in total. The van der Waals surface area contributed by atoms with Gasteiger partial charge in [0.25, 0.3) is 0 Å². The maximum Gasteiger partial charge on any atom is 0.164 e. The van der Waals surface area contributed by atoms with Crippen LogP contribution in [-0.4, -0.2) is 11.9 Å². The molecular formula is C9H13FO2. The van der Waals surface area contributed by atoms with Gasteiger partial charge in [0.05, 0.1) is 0 Å². The Bertz CT molecular complexity index is 205. The van der Waals surface area contributed by atoms with Crippen molar-refractivity contribution < 1.29 is 14.3 Å². The SMILES string of the molecule is C=C(C)/C(O)=C(F)\C=C/C.C=O. The number of hydrogen-bond donors (Lipinski definition) is 1. The summed E-state index contributed by atoms with van der Waals surface area (Å²) < 4.78 is 12.5. The predicted octanol–water partition coefficient (Wildman–Crippen LogP) is 2.69. The van der Waals surface area contributed by atoms with Crippen LogP contribution in [0, 0.1) is 0 Å². The molecule has 0 saturated heterocycles. The van der Waals surface area contributed by atoms with Crippen LogP contribution in [0.15, 0.2) is 35.9 Å². The molecule has 0 bridgehead atoms. The quantitative estimate of drug-likeness (QED) is 0.513. The van der Waals surface area contributed by atoms with Crippen molar-refractivity contribution in [1.82, 2.24) is 0 Å². The lowest BCUT2D eigenvalue weighted by atomic mass is 10.2. The van der Waals surface area contributed by atoms with Crippen LogP contribution in [0.5, 0.6) is 0 Å². The van der Waals surface area contributed by atoms with Gasteiger partial charge in [0.1, 0.15) is 6.79 Å². The summed E-state index contributed by atoms with van der Waals surface area (Å²) in [5.74, 6) is -1.02. The van der Waals surface area contributed by atoms with E-state index in [-0.39, 0.29) is 5.76 Å². The van der Waals surface area contributed by atoms with Gasteiger partial charge in [0, 0.05) is 0 Å². The van der Waals surface area contributed by atoms with E-state index in [2.05, 4.69) is 6.58 Å². The molecule has 0 spiro atoms. The lowest BCUT2D eigenvalue weighted by molar-refractivity contribution is -0.0979. The summed E-state index contributed by atoms with van der Waals surface area (Å²) in [5.41, 5.74) is 0.329. The minimum atomic E-state index is -0.644. The third-order valence-corrected chi connectivity index (χ3v) is 0.943. The summed E-state index contributed by atoms with van der Waals surface area (Å²) >= 11 is 0. The van der Waals surface area contributed by atoms with Crippen molar-refractivity contribution in [2.75, 3.05) is 0 Å². The van der Waals surface area contributed by atoms with Gasteiger partial charge in [-0.2, -0.15) is 0 Å². The summed E-state index contributed by atoms with van der Waals surface area (Å²) in [7, 11) is 0. The van der Waals surface area contributed by atoms with Crippen LogP contribution in [0.25, 0.3) is 0 Å². The van der Waals surface area contributed by atoms with Crippen molar-refractivity contribution >= 4 is 6.79 Å². The number of carbonyl (C=O) groups is 1. The number of aliphatic hydroxyl groups excluding tert-OH is 1. The van der Waals surface area contributed by atoms with E-state index in [0.29, 0.717) is 5.57 Å². The molecule has 68 valence electrons. The topological polar surface area (TPSA) is 37.3 Å². The summed E-state index contributed by atoms with van der Waals surface area (Å²) in [4.78, 5) is 8.00. The van der Waals surface area contributed by atoms with Crippen molar-refractivity contribution in [3.63, 3.8) is 0 Å². The molecule has 0 saturated carbocycles. The summed E-state index contributed by atoms with van der Waals surface area (Å²) in [6, 6.07) is 0. The van der Waals surface area contributed by atoms with Gasteiger partial charge in [0.15, 0.2) is 11.6 Å². The minimum absolute atomic E-state index is 0.329. The number of aliphatic hydroxyl groups is 1. The smallest absolute Gasteiger partial charge is 0.164 e. The maximum atomic E-state index is 12.5. The Hall–Kier alpha value is -1.38. The van der Waals surface area contributed by atoms with Crippen LogP contribution in [0.1, 0.15) is 13.8 Å². The Labute approximate surface area is 71.7 Å². The van der Waals surface area contributed by atoms with Crippen LogP contribution in [0.4, 0.5) is 4.39 Å². The Balaban J connectivity index is 0. The molecule has 12 heavy (non-hydrogen) atoms. The molecular weight excluding hydrogens is 159 g/mol. The number of carbonyl (C=O) groups excluding carboxylic acids is 1. The van der Waals surface area contributed by atoms with Crippen LogP contribution >= 0.6 is 0 Å². The van der Waals surface area contributed by atoms with Gasteiger partial charge >= 0.3 is 0 Å². The van der Waals surface area contributed by atoms with Gasteiger partial charge in [-0.1, -0.05) is 12.7 Å². The number of rotatable bonds is 2. The van der Waals surface area contributed by atoms with Crippen LogP contribution in [0.2, 0.25) is 0 Å². The first kappa shape index (κ1) is 13.2. The number of halogens is 1. The second-order valence-corrected chi connectivity index (χ2v) is 1.98. The molecule has 2 nitrogen and oxygen atoms in total. The van der Waals surface area contributed by atoms with E-state index < -0.39 is 5.83 Å². The van der Waals surface area contributed by atoms with E-state index in [4.69, 9.17) is 9.90 Å². The normalized spacial score (nSPS) is 11.6. The molecule has 0 atom stereocenters. The van der Waals surface area contributed by atoms with Gasteiger partial charge in [-0.25, -0.2) is 4.39 Å². The third kappa shape index (κ3) is 5.41. The zero-order chi connectivity index (χ0) is 10.1. The molecule has 0 aliphatic heterocycles. The highest BCUT2D eigenvalue weighted by atomic mass is 19.1. The van der Waals surface area contributed by atoms with Gasteiger partial charge in [0.2, 0.25) is 0 Å². The molecule has 0 amide bonds. The molecule has 0 fully saturated rings. The second-order valence-electron chi connectivity index (χ2n) is 1.98. The molecule has 0 radical (unpaired) electrons. The van der Waals surface area contributed by atoms with Crippen LogP contribution in [0.3, 0.4) is 0 Å². The Morgan fingerprint density at radius 2 is 1.92 bits per heavy atom. The van der Waals surface area contributed by atoms with Crippen molar-refractivity contribution in [3.05, 3.63) is 35.9 Å². The Kier molecular flexibility index (Phi) is 8.51. The van der Waals surface area contributed by atoms with Crippen LogP contribution in [-0.2, 0) is 4.79 Å². The largest absolute Gasteiger partial charge is 0.505 e. The fourth-order valence-electron chi connectivity index (χ4n) is 0.429. The highest BCUT2D eigenvalue weighted by molar-refractivity contribution is 5.27. The van der Waals surface area contributed by atoms with E-state index >= 15 is 0 Å². The van der Waals surface area contributed by atoms with Gasteiger partial charge in [-0.15, -0.1) is 0 Å².